The number of hydrogen-bond acceptors (Lipinski definition) is 4. The second-order valence-corrected chi connectivity index (χ2v) is 4.64. The molecule has 0 spiro atoms. The van der Waals surface area contributed by atoms with Crippen molar-refractivity contribution >= 4 is 28.7 Å². The van der Waals surface area contributed by atoms with E-state index in [0.717, 1.165) is 3.57 Å². The zero-order chi connectivity index (χ0) is 13.7. The molecule has 18 heavy (non-hydrogen) atoms. The van der Waals surface area contributed by atoms with Gasteiger partial charge in [-0.1, -0.05) is 6.92 Å². The van der Waals surface area contributed by atoms with E-state index >= 15 is 0 Å². The number of methoxy groups -OCH3 is 2. The number of nitrogens with zero attached hydrogens (tertiary/aromatic N) is 1. The normalized spacial score (nSPS) is 11.2. The molecule has 1 rings (SSSR count). The first kappa shape index (κ1) is 14.7. The standard InChI is InChI=1S/C12H14INO4/c1-4-9(14(15)16)5-8-6-12(18-3)10(13)7-11(8)17-2/h5-7H,4H2,1-3H3. The summed E-state index contributed by atoms with van der Waals surface area (Å²) in [5.41, 5.74) is 0.778. The second-order valence-electron chi connectivity index (χ2n) is 3.48. The van der Waals surface area contributed by atoms with Gasteiger partial charge in [0.2, 0.25) is 5.70 Å². The van der Waals surface area contributed by atoms with Gasteiger partial charge in [-0.05, 0) is 34.7 Å². The van der Waals surface area contributed by atoms with E-state index in [1.54, 1.807) is 26.2 Å². The molecular weight excluding hydrogens is 349 g/mol. The number of nitro groups is 1. The van der Waals surface area contributed by atoms with E-state index in [2.05, 4.69) is 22.6 Å². The number of benzene rings is 1. The van der Waals surface area contributed by atoms with Crippen molar-refractivity contribution in [2.45, 2.75) is 13.3 Å². The summed E-state index contributed by atoms with van der Waals surface area (Å²) in [5, 5.41) is 10.8. The minimum Gasteiger partial charge on any atom is -0.496 e. The quantitative estimate of drug-likeness (QED) is 0.457. The summed E-state index contributed by atoms with van der Waals surface area (Å²) < 4.78 is 11.3. The number of rotatable bonds is 5. The van der Waals surface area contributed by atoms with Gasteiger partial charge in [0.15, 0.2) is 0 Å². The van der Waals surface area contributed by atoms with Gasteiger partial charge in [-0.2, -0.15) is 0 Å². The van der Waals surface area contributed by atoms with Crippen LogP contribution in [-0.2, 0) is 0 Å². The van der Waals surface area contributed by atoms with Crippen LogP contribution in [0.5, 0.6) is 11.5 Å². The Balaban J connectivity index is 3.33. The molecule has 6 heteroatoms. The molecule has 0 atom stereocenters. The molecule has 0 fully saturated rings. The molecule has 0 aliphatic heterocycles. The van der Waals surface area contributed by atoms with Crippen molar-refractivity contribution in [3.8, 4) is 11.5 Å². The van der Waals surface area contributed by atoms with Gasteiger partial charge in [0.05, 0.1) is 22.7 Å². The van der Waals surface area contributed by atoms with Crippen molar-refractivity contribution in [3.05, 3.63) is 37.1 Å². The third-order valence-corrected chi connectivity index (χ3v) is 3.27. The Bertz CT molecular complexity index is 485. The van der Waals surface area contributed by atoms with Crippen LogP contribution in [0.25, 0.3) is 6.08 Å². The minimum atomic E-state index is -0.385. The molecule has 1 aromatic rings. The van der Waals surface area contributed by atoms with E-state index in [4.69, 9.17) is 9.47 Å². The van der Waals surface area contributed by atoms with Crippen LogP contribution in [0.3, 0.4) is 0 Å². The van der Waals surface area contributed by atoms with Crippen molar-refractivity contribution in [1.29, 1.82) is 0 Å². The van der Waals surface area contributed by atoms with Crippen molar-refractivity contribution in [2.75, 3.05) is 14.2 Å². The van der Waals surface area contributed by atoms with Crippen molar-refractivity contribution in [1.82, 2.24) is 0 Å². The molecule has 0 bridgehead atoms. The summed E-state index contributed by atoms with van der Waals surface area (Å²) >= 11 is 2.12. The summed E-state index contributed by atoms with van der Waals surface area (Å²) in [6, 6.07) is 3.53. The SMILES string of the molecule is CCC(=Cc1cc(OC)c(I)cc1OC)[N+](=O)[O-]. The van der Waals surface area contributed by atoms with Gasteiger partial charge in [0.1, 0.15) is 11.5 Å². The van der Waals surface area contributed by atoms with Crippen LogP contribution in [0.15, 0.2) is 17.8 Å². The average Bonchev–Trinajstić information content (AvgIpc) is 2.36. The van der Waals surface area contributed by atoms with Gasteiger partial charge in [-0.15, -0.1) is 0 Å². The zero-order valence-electron chi connectivity index (χ0n) is 10.4. The van der Waals surface area contributed by atoms with Crippen molar-refractivity contribution in [2.24, 2.45) is 0 Å². The summed E-state index contributed by atoms with van der Waals surface area (Å²) in [6.07, 6.45) is 1.86. The fraction of sp³-hybridized carbons (Fsp3) is 0.333. The smallest absolute Gasteiger partial charge is 0.246 e. The fourth-order valence-corrected chi connectivity index (χ4v) is 2.12. The molecule has 0 heterocycles. The summed E-state index contributed by atoms with van der Waals surface area (Å²) in [7, 11) is 3.10. The van der Waals surface area contributed by atoms with E-state index in [-0.39, 0.29) is 10.6 Å². The Morgan fingerprint density at radius 2 is 2.00 bits per heavy atom. The number of hydrogen-bond donors (Lipinski definition) is 0. The van der Waals surface area contributed by atoms with Crippen molar-refractivity contribution < 1.29 is 14.4 Å². The molecule has 0 saturated heterocycles. The second kappa shape index (κ2) is 6.58. The first-order chi connectivity index (χ1) is 8.53. The first-order valence-electron chi connectivity index (χ1n) is 5.30. The third-order valence-electron chi connectivity index (χ3n) is 2.42. The van der Waals surface area contributed by atoms with Gasteiger partial charge >= 0.3 is 0 Å². The molecule has 0 aliphatic carbocycles. The highest BCUT2D eigenvalue weighted by Gasteiger charge is 2.13. The van der Waals surface area contributed by atoms with E-state index in [9.17, 15) is 10.1 Å². The van der Waals surface area contributed by atoms with Crippen LogP contribution in [0.1, 0.15) is 18.9 Å². The molecule has 0 aromatic heterocycles. The van der Waals surface area contributed by atoms with Gasteiger partial charge in [-0.3, -0.25) is 10.1 Å². The minimum absolute atomic E-state index is 0.136. The Morgan fingerprint density at radius 1 is 1.39 bits per heavy atom. The third kappa shape index (κ3) is 3.34. The number of ether oxygens (including phenoxy) is 2. The highest BCUT2D eigenvalue weighted by Crippen LogP contribution is 2.31. The number of halogens is 1. The van der Waals surface area contributed by atoms with Gasteiger partial charge in [0, 0.05) is 18.1 Å². The fourth-order valence-electron chi connectivity index (χ4n) is 1.46. The molecule has 1 aromatic carbocycles. The van der Waals surface area contributed by atoms with Gasteiger partial charge < -0.3 is 9.47 Å². The number of allylic oxidation sites excluding steroid dienone is 1. The maximum absolute atomic E-state index is 10.8. The van der Waals surface area contributed by atoms with Gasteiger partial charge in [-0.25, -0.2) is 0 Å². The van der Waals surface area contributed by atoms with E-state index in [1.807, 2.05) is 0 Å². The summed E-state index contributed by atoms with van der Waals surface area (Å²) in [5.74, 6) is 1.26. The Labute approximate surface area is 119 Å². The van der Waals surface area contributed by atoms with Crippen LogP contribution < -0.4 is 9.47 Å². The molecule has 5 nitrogen and oxygen atoms in total. The lowest BCUT2D eigenvalue weighted by Gasteiger charge is -2.09. The lowest BCUT2D eigenvalue weighted by atomic mass is 10.1. The topological polar surface area (TPSA) is 61.6 Å². The molecule has 0 N–H and O–H groups in total. The molecule has 98 valence electrons. The lowest BCUT2D eigenvalue weighted by molar-refractivity contribution is -0.425. The molecule has 0 amide bonds. The average molecular weight is 363 g/mol. The first-order valence-corrected chi connectivity index (χ1v) is 6.37. The molecular formula is C12H14INO4. The molecule has 0 unspecified atom stereocenters. The Kier molecular flexibility index (Phi) is 5.39. The lowest BCUT2D eigenvalue weighted by Crippen LogP contribution is -1.98. The summed E-state index contributed by atoms with van der Waals surface area (Å²) in [6.45, 7) is 1.74. The maximum atomic E-state index is 10.8. The maximum Gasteiger partial charge on any atom is 0.246 e. The molecule has 0 radical (unpaired) electrons. The van der Waals surface area contributed by atoms with Crippen LogP contribution in [0, 0.1) is 13.7 Å². The predicted octanol–water partition coefficient (Wildman–Crippen LogP) is 3.34. The Hall–Kier alpha value is -1.31. The highest BCUT2D eigenvalue weighted by atomic mass is 127. The van der Waals surface area contributed by atoms with E-state index in [1.165, 1.54) is 13.2 Å². The van der Waals surface area contributed by atoms with Crippen LogP contribution >= 0.6 is 22.6 Å². The zero-order valence-corrected chi connectivity index (χ0v) is 12.6. The predicted molar refractivity (Wildman–Crippen MR) is 77.5 cm³/mol. The van der Waals surface area contributed by atoms with Crippen molar-refractivity contribution in [3.63, 3.8) is 0 Å². The van der Waals surface area contributed by atoms with Gasteiger partial charge in [0.25, 0.3) is 0 Å². The highest BCUT2D eigenvalue weighted by molar-refractivity contribution is 14.1. The molecule has 0 aliphatic rings. The summed E-state index contributed by atoms with van der Waals surface area (Å²) in [4.78, 5) is 10.4. The largest absolute Gasteiger partial charge is 0.496 e. The van der Waals surface area contributed by atoms with Crippen LogP contribution in [-0.4, -0.2) is 19.1 Å². The Morgan fingerprint density at radius 3 is 2.44 bits per heavy atom. The van der Waals surface area contributed by atoms with Crippen LogP contribution in [0.2, 0.25) is 0 Å². The van der Waals surface area contributed by atoms with Crippen LogP contribution in [0.4, 0.5) is 0 Å². The monoisotopic (exact) mass is 363 g/mol. The van der Waals surface area contributed by atoms with E-state index in [0.29, 0.717) is 23.5 Å². The molecule has 0 saturated carbocycles. The van der Waals surface area contributed by atoms with E-state index < -0.39 is 0 Å².